The first-order valence-electron chi connectivity index (χ1n) is 10.1. The van der Waals surface area contributed by atoms with E-state index < -0.39 is 5.60 Å². The molecule has 4 heteroatoms. The van der Waals surface area contributed by atoms with Crippen molar-refractivity contribution in [1.82, 2.24) is 4.90 Å². The van der Waals surface area contributed by atoms with Gasteiger partial charge < -0.3 is 14.7 Å². The summed E-state index contributed by atoms with van der Waals surface area (Å²) < 4.78 is 5.16. The number of piperidine rings is 1. The van der Waals surface area contributed by atoms with Gasteiger partial charge in [0, 0.05) is 20.2 Å². The lowest BCUT2D eigenvalue weighted by molar-refractivity contribution is -0.155. The van der Waals surface area contributed by atoms with Crippen LogP contribution in [-0.4, -0.2) is 48.3 Å². The van der Waals surface area contributed by atoms with E-state index in [1.54, 1.807) is 7.11 Å². The summed E-state index contributed by atoms with van der Waals surface area (Å²) in [7, 11) is 1.63. The van der Waals surface area contributed by atoms with Crippen molar-refractivity contribution in [3.8, 4) is 0 Å². The lowest BCUT2D eigenvalue weighted by atomic mass is 9.61. The van der Waals surface area contributed by atoms with Crippen LogP contribution in [0.3, 0.4) is 0 Å². The smallest absolute Gasteiger partial charge is 0.229 e. The van der Waals surface area contributed by atoms with Crippen LogP contribution in [0.1, 0.15) is 77.0 Å². The molecule has 0 aromatic carbocycles. The number of amides is 1. The number of likely N-dealkylation sites (tertiary alicyclic amines) is 1. The molecule has 1 aliphatic heterocycles. The number of ether oxygens (including phenoxy) is 1. The summed E-state index contributed by atoms with van der Waals surface area (Å²) in [5, 5.41) is 10.5. The van der Waals surface area contributed by atoms with E-state index in [0.717, 1.165) is 12.8 Å². The Bertz CT molecular complexity index is 417. The number of nitrogens with zero attached hydrogens (tertiary/aromatic N) is 1. The topological polar surface area (TPSA) is 49.8 Å². The van der Waals surface area contributed by atoms with Crippen molar-refractivity contribution in [2.24, 2.45) is 11.3 Å². The minimum Gasteiger partial charge on any atom is -0.387 e. The standard InChI is InChI=1S/C20H35NO3/c1-24-16-19(23)12-14-21(15-13-19)18(22)20(10-6-3-7-11-20)17-8-4-2-5-9-17/h17,23H,2-16H2,1H3. The average molecular weight is 338 g/mol. The maximum Gasteiger partial charge on any atom is 0.229 e. The highest BCUT2D eigenvalue weighted by molar-refractivity contribution is 5.83. The molecule has 138 valence electrons. The molecule has 2 aliphatic carbocycles. The van der Waals surface area contributed by atoms with Crippen molar-refractivity contribution in [1.29, 1.82) is 0 Å². The Morgan fingerprint density at radius 1 is 1.00 bits per heavy atom. The Balaban J connectivity index is 1.70. The van der Waals surface area contributed by atoms with Gasteiger partial charge in [-0.2, -0.15) is 0 Å². The molecule has 0 radical (unpaired) electrons. The molecule has 1 amide bonds. The van der Waals surface area contributed by atoms with E-state index in [2.05, 4.69) is 4.90 Å². The minimum absolute atomic E-state index is 0.0879. The monoisotopic (exact) mass is 337 g/mol. The maximum absolute atomic E-state index is 13.6. The zero-order chi connectivity index (χ0) is 17.0. The second-order valence-corrected chi connectivity index (χ2v) is 8.50. The highest BCUT2D eigenvalue weighted by atomic mass is 16.5. The Morgan fingerprint density at radius 3 is 2.17 bits per heavy atom. The van der Waals surface area contributed by atoms with Crippen LogP contribution >= 0.6 is 0 Å². The fourth-order valence-corrected chi connectivity index (χ4v) is 5.49. The minimum atomic E-state index is -0.740. The fourth-order valence-electron chi connectivity index (χ4n) is 5.49. The summed E-state index contributed by atoms with van der Waals surface area (Å²) in [4.78, 5) is 15.6. The van der Waals surface area contributed by atoms with Gasteiger partial charge in [0.25, 0.3) is 0 Å². The second kappa shape index (κ2) is 7.74. The van der Waals surface area contributed by atoms with E-state index in [4.69, 9.17) is 4.74 Å². The molecule has 3 fully saturated rings. The van der Waals surface area contributed by atoms with Crippen LogP contribution in [0.2, 0.25) is 0 Å². The van der Waals surface area contributed by atoms with E-state index in [1.807, 2.05) is 0 Å². The van der Waals surface area contributed by atoms with Gasteiger partial charge in [0.05, 0.1) is 17.6 Å². The van der Waals surface area contributed by atoms with Crippen LogP contribution in [0.5, 0.6) is 0 Å². The lowest BCUT2D eigenvalue weighted by Crippen LogP contribution is -2.55. The molecule has 1 saturated heterocycles. The van der Waals surface area contributed by atoms with Gasteiger partial charge in [-0.3, -0.25) is 4.79 Å². The van der Waals surface area contributed by atoms with Crippen LogP contribution in [0.4, 0.5) is 0 Å². The molecule has 0 bridgehead atoms. The van der Waals surface area contributed by atoms with Crippen LogP contribution < -0.4 is 0 Å². The summed E-state index contributed by atoms with van der Waals surface area (Å²) >= 11 is 0. The zero-order valence-corrected chi connectivity index (χ0v) is 15.4. The number of hydrogen-bond donors (Lipinski definition) is 1. The normalized spacial score (nSPS) is 27.8. The molecule has 3 aliphatic rings. The lowest BCUT2D eigenvalue weighted by Gasteiger charge is -2.48. The number of rotatable bonds is 4. The van der Waals surface area contributed by atoms with E-state index >= 15 is 0 Å². The van der Waals surface area contributed by atoms with Gasteiger partial charge in [0.15, 0.2) is 0 Å². The number of methoxy groups -OCH3 is 1. The second-order valence-electron chi connectivity index (χ2n) is 8.50. The molecule has 1 N–H and O–H groups in total. The third-order valence-corrected chi connectivity index (χ3v) is 6.95. The van der Waals surface area contributed by atoms with Crippen LogP contribution in [0.15, 0.2) is 0 Å². The van der Waals surface area contributed by atoms with Crippen LogP contribution in [0, 0.1) is 11.3 Å². The molecule has 0 spiro atoms. The number of carbonyl (C=O) groups is 1. The molecule has 1 heterocycles. The first-order chi connectivity index (χ1) is 11.6. The predicted molar refractivity (Wildman–Crippen MR) is 94.7 cm³/mol. The molecule has 0 atom stereocenters. The molecule has 4 nitrogen and oxygen atoms in total. The third-order valence-electron chi connectivity index (χ3n) is 6.95. The molecule has 0 aromatic rings. The first kappa shape index (κ1) is 18.2. The Kier molecular flexibility index (Phi) is 5.86. The number of carbonyl (C=O) groups excluding carboxylic acids is 1. The number of aliphatic hydroxyl groups is 1. The van der Waals surface area contributed by atoms with Gasteiger partial charge >= 0.3 is 0 Å². The van der Waals surface area contributed by atoms with Gasteiger partial charge in [-0.05, 0) is 44.4 Å². The Labute approximate surface area is 146 Å². The third kappa shape index (κ3) is 3.65. The quantitative estimate of drug-likeness (QED) is 0.854. The molecule has 2 saturated carbocycles. The maximum atomic E-state index is 13.6. The molecular weight excluding hydrogens is 302 g/mol. The van der Waals surface area contributed by atoms with Crippen molar-refractivity contribution in [2.45, 2.75) is 82.7 Å². The van der Waals surface area contributed by atoms with Crippen molar-refractivity contribution in [3.63, 3.8) is 0 Å². The highest BCUT2D eigenvalue weighted by Crippen LogP contribution is 2.49. The van der Waals surface area contributed by atoms with E-state index in [-0.39, 0.29) is 5.41 Å². The van der Waals surface area contributed by atoms with Crippen LogP contribution in [-0.2, 0) is 9.53 Å². The molecule has 3 rings (SSSR count). The molecule has 24 heavy (non-hydrogen) atoms. The summed E-state index contributed by atoms with van der Waals surface area (Å²) in [5.74, 6) is 1.01. The van der Waals surface area contributed by atoms with E-state index in [9.17, 15) is 9.90 Å². The van der Waals surface area contributed by atoms with Crippen molar-refractivity contribution >= 4 is 5.91 Å². The van der Waals surface area contributed by atoms with Crippen molar-refractivity contribution < 1.29 is 14.6 Å². The van der Waals surface area contributed by atoms with Gasteiger partial charge in [0.1, 0.15) is 0 Å². The summed E-state index contributed by atoms with van der Waals surface area (Å²) in [6.07, 6.45) is 13.6. The Morgan fingerprint density at radius 2 is 1.58 bits per heavy atom. The van der Waals surface area contributed by atoms with Gasteiger partial charge in [-0.25, -0.2) is 0 Å². The summed E-state index contributed by atoms with van der Waals surface area (Å²) in [5.41, 5.74) is -0.828. The molecule has 0 aromatic heterocycles. The van der Waals surface area contributed by atoms with Crippen molar-refractivity contribution in [3.05, 3.63) is 0 Å². The largest absolute Gasteiger partial charge is 0.387 e. The predicted octanol–water partition coefficient (Wildman–Crippen LogP) is 3.52. The van der Waals surface area contributed by atoms with Gasteiger partial charge in [-0.15, -0.1) is 0 Å². The first-order valence-corrected chi connectivity index (χ1v) is 10.1. The van der Waals surface area contributed by atoms with E-state index in [1.165, 1.54) is 51.4 Å². The summed E-state index contributed by atoms with van der Waals surface area (Å²) in [6.45, 7) is 1.75. The van der Waals surface area contributed by atoms with Gasteiger partial charge in [0.2, 0.25) is 5.91 Å². The van der Waals surface area contributed by atoms with Crippen molar-refractivity contribution in [2.75, 3.05) is 26.8 Å². The number of hydrogen-bond acceptors (Lipinski definition) is 3. The SMILES string of the molecule is COCC1(O)CCN(C(=O)C2(C3CCCCC3)CCCCC2)CC1. The zero-order valence-electron chi connectivity index (χ0n) is 15.4. The average Bonchev–Trinajstić information content (AvgIpc) is 2.63. The molecule has 0 unspecified atom stereocenters. The van der Waals surface area contributed by atoms with Crippen LogP contribution in [0.25, 0.3) is 0 Å². The van der Waals surface area contributed by atoms with E-state index in [0.29, 0.717) is 44.4 Å². The Hall–Kier alpha value is -0.610. The molecular formula is C20H35NO3. The summed E-state index contributed by atoms with van der Waals surface area (Å²) in [6, 6.07) is 0. The highest BCUT2D eigenvalue weighted by Gasteiger charge is 2.49. The fraction of sp³-hybridized carbons (Fsp3) is 0.950. The van der Waals surface area contributed by atoms with Gasteiger partial charge in [-0.1, -0.05) is 38.5 Å².